The molecule has 0 heterocycles. The number of alkyl halides is 2. The average molecular weight is 623 g/mol. The number of amides is 2. The summed E-state index contributed by atoms with van der Waals surface area (Å²) >= 11 is 11.6. The molecule has 0 aliphatic rings. The molecule has 1 rings (SSSR count). The molecule has 1 aromatic rings. The molecule has 0 aromatic heterocycles. The second-order valence-corrected chi connectivity index (χ2v) is 12.1. The summed E-state index contributed by atoms with van der Waals surface area (Å²) in [7, 11) is -11.2. The Hall–Kier alpha value is 2.12. The van der Waals surface area contributed by atoms with Gasteiger partial charge in [0.1, 0.15) is 18.8 Å². The van der Waals surface area contributed by atoms with Gasteiger partial charge in [-0.1, -0.05) is 12.1 Å². The van der Waals surface area contributed by atoms with Gasteiger partial charge in [0.25, 0.3) is 5.08 Å². The maximum atomic E-state index is 12.2. The molecule has 0 fully saturated rings. The third-order valence-electron chi connectivity index (χ3n) is 5.10. The van der Waals surface area contributed by atoms with E-state index in [4.69, 9.17) is 48.5 Å². The van der Waals surface area contributed by atoms with Gasteiger partial charge >= 0.3 is 110 Å². The van der Waals surface area contributed by atoms with Crippen molar-refractivity contribution in [1.82, 2.24) is 9.80 Å². The topological polar surface area (TPSA) is 207 Å². The van der Waals surface area contributed by atoms with Crippen molar-refractivity contribution >= 4 is 56.4 Å². The molecular formula is C17H31Cl2N3Na3O9P2+. The molecule has 36 heavy (non-hydrogen) atoms. The van der Waals surface area contributed by atoms with Crippen molar-refractivity contribution in [2.75, 3.05) is 31.4 Å². The number of benzene rings is 1. The van der Waals surface area contributed by atoms with Crippen LogP contribution in [0.5, 0.6) is 0 Å². The van der Waals surface area contributed by atoms with E-state index in [1.54, 1.807) is 24.3 Å². The number of aliphatic hydroxyl groups is 1. The smallest absolute Gasteiger partial charge is 1.00 e. The molecule has 2 amide bonds. The molecule has 0 aliphatic heterocycles. The molecule has 0 unspecified atom stereocenters. The van der Waals surface area contributed by atoms with E-state index in [2.05, 4.69) is 5.32 Å². The van der Waals surface area contributed by atoms with Crippen LogP contribution in [-0.4, -0.2) is 79.5 Å². The zero-order valence-corrected chi connectivity index (χ0v) is 29.8. The van der Waals surface area contributed by atoms with E-state index in [1.165, 1.54) is 0 Å². The minimum absolute atomic E-state index is 0. The van der Waals surface area contributed by atoms with Crippen LogP contribution >= 0.6 is 38.4 Å². The molecule has 0 aliphatic carbocycles. The number of nitrogens with two attached hydrogens (primary N) is 1. The van der Waals surface area contributed by atoms with Gasteiger partial charge in [0.05, 0.1) is 17.8 Å². The Morgan fingerprint density at radius 3 is 1.86 bits per heavy atom. The molecule has 0 spiro atoms. The minimum atomic E-state index is -5.61. The number of nitrogens with zero attached hydrogens (tertiary/aromatic N) is 1. The number of rotatable bonds is 14. The van der Waals surface area contributed by atoms with Crippen molar-refractivity contribution in [1.29, 1.82) is 0 Å². The monoisotopic (exact) mass is 622 g/mol. The van der Waals surface area contributed by atoms with Crippen molar-refractivity contribution in [2.45, 2.75) is 24.0 Å². The van der Waals surface area contributed by atoms with Crippen LogP contribution in [-0.2, 0) is 25.1 Å². The predicted molar refractivity (Wildman–Crippen MR) is 127 cm³/mol. The normalized spacial score (nSPS) is 12.9. The first kappa shape index (κ1) is 42.6. The number of nitrogens with one attached hydrogen (secondary N) is 1. The summed E-state index contributed by atoms with van der Waals surface area (Å²) in [5.41, 5.74) is 7.14. The number of quaternary nitrogens is 1. The summed E-state index contributed by atoms with van der Waals surface area (Å²) in [6, 6.07) is 5.61. The molecule has 0 radical (unpaired) electrons. The zero-order chi connectivity index (χ0) is 25.5. The van der Waals surface area contributed by atoms with Crippen molar-refractivity contribution in [3.05, 3.63) is 29.8 Å². The van der Waals surface area contributed by atoms with E-state index in [9.17, 15) is 23.8 Å². The fraction of sp³-hybridized carbons (Fsp3) is 0.529. The molecule has 8 N–H and O–H groups in total. The van der Waals surface area contributed by atoms with Gasteiger partial charge in [-0.3, -0.25) is 13.9 Å². The average Bonchev–Trinajstić information content (AvgIpc) is 2.72. The first-order valence-electron chi connectivity index (χ1n) is 9.59. The summed E-state index contributed by atoms with van der Waals surface area (Å²) < 4.78 is 22.6. The molecule has 12 nitrogen and oxygen atoms in total. The quantitative estimate of drug-likeness (QED) is 0.0343. The van der Waals surface area contributed by atoms with Gasteiger partial charge in [-0.25, -0.2) is 9.28 Å². The number of hydrogen-bond acceptors (Lipinski definition) is 6. The number of carbonyl (C=O) groups excluding carboxylic acids is 2. The zero-order valence-electron chi connectivity index (χ0n) is 23.5. The summed E-state index contributed by atoms with van der Waals surface area (Å²) in [5.74, 6) is -0.288. The van der Waals surface area contributed by atoms with Gasteiger partial charge in [-0.15, -0.1) is 23.2 Å². The first-order valence-corrected chi connectivity index (χ1v) is 13.9. The van der Waals surface area contributed by atoms with Crippen LogP contribution in [0.25, 0.3) is 0 Å². The molecule has 0 bridgehead atoms. The van der Waals surface area contributed by atoms with Gasteiger partial charge in [-0.05, 0) is 24.1 Å². The van der Waals surface area contributed by atoms with Crippen molar-refractivity contribution in [3.63, 3.8) is 0 Å². The Balaban J connectivity index is -0.000000454. The molecule has 0 saturated heterocycles. The Morgan fingerprint density at radius 1 is 1.06 bits per heavy atom. The Morgan fingerprint density at radius 2 is 1.50 bits per heavy atom. The maximum absolute atomic E-state index is 12.2. The van der Waals surface area contributed by atoms with Crippen LogP contribution in [0, 0.1) is 0 Å². The SMILES string of the molecule is N[C@@H](Cc1ccc([N+](C=O)(CCCl)CCCl)cc1)C(=O)NCCC(O)(P(=O)(O)O)P(=O)(O)O.[H-].[H-].[H-].[Na+].[Na+].[Na+]. The Bertz CT molecular complexity index is 910. The maximum Gasteiger partial charge on any atom is 1.00 e. The van der Waals surface area contributed by atoms with E-state index in [0.29, 0.717) is 24.3 Å². The third kappa shape index (κ3) is 11.5. The fourth-order valence-corrected chi connectivity index (χ4v) is 5.83. The molecule has 0 saturated carbocycles. The van der Waals surface area contributed by atoms with E-state index in [1.807, 2.05) is 0 Å². The predicted octanol–water partition coefficient (Wildman–Crippen LogP) is -8.65. The van der Waals surface area contributed by atoms with Crippen LogP contribution in [0.1, 0.15) is 16.3 Å². The number of carbonyl (C=O) groups is 2. The van der Waals surface area contributed by atoms with Crippen molar-refractivity contribution in [3.8, 4) is 0 Å². The second-order valence-electron chi connectivity index (χ2n) is 7.35. The van der Waals surface area contributed by atoms with Gasteiger partial charge in [0.2, 0.25) is 5.91 Å². The molecule has 1 aromatic carbocycles. The van der Waals surface area contributed by atoms with Crippen molar-refractivity contribution < 1.29 is 136 Å². The van der Waals surface area contributed by atoms with Gasteiger partial charge < -0.3 is 40.0 Å². The third-order valence-corrected chi connectivity index (χ3v) is 9.32. The Labute approximate surface area is 290 Å². The second kappa shape index (κ2) is 18.5. The van der Waals surface area contributed by atoms with E-state index < -0.39 is 45.2 Å². The Kier molecular flexibility index (Phi) is 21.9. The standard InChI is InChI=1S/C17H27Cl2N3O9P2.3Na.3H/c18-6-9-22(12-23,10-7-19)14-3-1-13(2-4-14)11-15(20)16(24)21-8-5-17(25,32(26,27)28)33(29,30)31;;;;;;/h1-4,12,15,25H,5-11,20H2,(H4-,21,24,26,27,28,29,30,31);;;;;;/q;3*+1;3*-1/p+1/t15-;;;;;;/m0....../s1. The van der Waals surface area contributed by atoms with Gasteiger partial charge in [-0.2, -0.15) is 0 Å². The van der Waals surface area contributed by atoms with E-state index in [-0.39, 0.29) is 116 Å². The van der Waals surface area contributed by atoms with Crippen LogP contribution in [0.3, 0.4) is 0 Å². The molecule has 19 heteroatoms. The van der Waals surface area contributed by atoms with Crippen LogP contribution in [0.4, 0.5) is 5.69 Å². The largest absolute Gasteiger partial charge is 1.00 e. The molecule has 1 atom stereocenters. The van der Waals surface area contributed by atoms with E-state index >= 15 is 0 Å². The van der Waals surface area contributed by atoms with Crippen LogP contribution in [0.15, 0.2) is 24.3 Å². The number of halogens is 2. The first-order chi connectivity index (χ1) is 15.2. The number of hydrogen-bond donors (Lipinski definition) is 7. The van der Waals surface area contributed by atoms with Crippen LogP contribution in [0.2, 0.25) is 0 Å². The van der Waals surface area contributed by atoms with E-state index in [0.717, 1.165) is 6.41 Å². The summed E-state index contributed by atoms with van der Waals surface area (Å²) in [4.78, 5) is 60.3. The van der Waals surface area contributed by atoms with Crippen LogP contribution < -0.4 is 104 Å². The minimum Gasteiger partial charge on any atom is -1.00 e. The summed E-state index contributed by atoms with van der Waals surface area (Å²) in [6.45, 7) is 0.0393. The summed E-state index contributed by atoms with van der Waals surface area (Å²) in [5, 5.41) is 8.38. The summed E-state index contributed by atoms with van der Waals surface area (Å²) in [6.07, 6.45) is -0.281. The molecular weight excluding hydrogens is 592 g/mol. The van der Waals surface area contributed by atoms with Crippen molar-refractivity contribution in [2.24, 2.45) is 5.73 Å². The fourth-order valence-electron chi connectivity index (χ4n) is 3.06. The molecule has 194 valence electrons. The van der Waals surface area contributed by atoms with Gasteiger partial charge in [0, 0.05) is 13.0 Å². The van der Waals surface area contributed by atoms with Gasteiger partial charge in [0.15, 0.2) is 0 Å².